The van der Waals surface area contributed by atoms with Crippen LogP contribution in [0.2, 0.25) is 5.02 Å². The third kappa shape index (κ3) is 6.75. The van der Waals surface area contributed by atoms with Gasteiger partial charge in [-0.25, -0.2) is 4.79 Å². The molecular formula is C25H27ClN4O6S. The summed E-state index contributed by atoms with van der Waals surface area (Å²) in [5.74, 6) is -1.07. The van der Waals surface area contributed by atoms with E-state index in [0.717, 1.165) is 0 Å². The highest BCUT2D eigenvalue weighted by atomic mass is 35.5. The first-order valence-corrected chi connectivity index (χ1v) is 12.2. The van der Waals surface area contributed by atoms with Crippen molar-refractivity contribution in [2.24, 2.45) is 0 Å². The zero-order chi connectivity index (χ0) is 27.1. The summed E-state index contributed by atoms with van der Waals surface area (Å²) in [5, 5.41) is 5.90. The third-order valence-electron chi connectivity index (χ3n) is 5.50. The Bertz CT molecular complexity index is 1210. The predicted molar refractivity (Wildman–Crippen MR) is 143 cm³/mol. The second-order valence-corrected chi connectivity index (χ2v) is 8.79. The van der Waals surface area contributed by atoms with Gasteiger partial charge in [0.2, 0.25) is 11.8 Å². The summed E-state index contributed by atoms with van der Waals surface area (Å²) in [6.07, 6.45) is -0.195. The van der Waals surface area contributed by atoms with Crippen molar-refractivity contribution in [1.82, 2.24) is 10.2 Å². The van der Waals surface area contributed by atoms with E-state index in [0.29, 0.717) is 27.7 Å². The molecule has 0 spiro atoms. The second kappa shape index (κ2) is 12.5. The van der Waals surface area contributed by atoms with Crippen molar-refractivity contribution in [2.45, 2.75) is 26.3 Å². The molecule has 37 heavy (non-hydrogen) atoms. The minimum absolute atomic E-state index is 0.188. The van der Waals surface area contributed by atoms with Crippen molar-refractivity contribution in [3.63, 3.8) is 0 Å². The number of methoxy groups -OCH3 is 1. The van der Waals surface area contributed by atoms with Gasteiger partial charge in [0, 0.05) is 25.7 Å². The van der Waals surface area contributed by atoms with Crippen LogP contribution in [0.1, 0.15) is 30.6 Å². The van der Waals surface area contributed by atoms with E-state index in [1.165, 1.54) is 18.9 Å². The highest BCUT2D eigenvalue weighted by molar-refractivity contribution is 7.80. The summed E-state index contributed by atoms with van der Waals surface area (Å²) in [5.41, 5.74) is 1.24. The number of anilines is 2. The van der Waals surface area contributed by atoms with Gasteiger partial charge in [-0.2, -0.15) is 0 Å². The van der Waals surface area contributed by atoms with Crippen molar-refractivity contribution < 1.29 is 28.7 Å². The quantitative estimate of drug-likeness (QED) is 0.345. The van der Waals surface area contributed by atoms with E-state index >= 15 is 0 Å². The van der Waals surface area contributed by atoms with Gasteiger partial charge in [-0.05, 0) is 61.6 Å². The highest BCUT2D eigenvalue weighted by Crippen LogP contribution is 2.33. The predicted octanol–water partition coefficient (Wildman–Crippen LogP) is 2.99. The fourth-order valence-corrected chi connectivity index (χ4v) is 4.43. The standard InChI is InChI=1S/C25H27ClN4O6S/c1-4-36-24(34)16-5-7-17(8-6-16)28-22(32)14-20-23(33)30(18-9-10-21(35-3)19(26)13-18)25(37)29(20)12-11-27-15(2)31/h5-10,13,20H,4,11-12,14H2,1-3H3,(H,27,31)(H,28,32)/t20-/m0/s1. The van der Waals surface area contributed by atoms with E-state index in [2.05, 4.69) is 10.6 Å². The summed E-state index contributed by atoms with van der Waals surface area (Å²) in [7, 11) is 1.48. The summed E-state index contributed by atoms with van der Waals surface area (Å²) >= 11 is 11.8. The lowest BCUT2D eigenvalue weighted by molar-refractivity contribution is -0.124. The Morgan fingerprint density at radius 3 is 2.43 bits per heavy atom. The molecule has 1 saturated heterocycles. The average Bonchev–Trinajstić information content (AvgIpc) is 3.08. The SMILES string of the molecule is CCOC(=O)c1ccc(NC(=O)C[C@H]2C(=O)N(c3ccc(OC)c(Cl)c3)C(=S)N2CCNC(C)=O)cc1. The fourth-order valence-electron chi connectivity index (χ4n) is 3.76. The molecule has 0 radical (unpaired) electrons. The molecule has 1 fully saturated rings. The number of nitrogens with one attached hydrogen (secondary N) is 2. The Hall–Kier alpha value is -3.70. The van der Waals surface area contributed by atoms with Gasteiger partial charge in [0.15, 0.2) is 5.11 Å². The summed E-state index contributed by atoms with van der Waals surface area (Å²) < 4.78 is 10.1. The molecule has 1 aliphatic rings. The Morgan fingerprint density at radius 2 is 1.84 bits per heavy atom. The Labute approximate surface area is 224 Å². The summed E-state index contributed by atoms with van der Waals surface area (Å²) in [4.78, 5) is 52.5. The number of nitrogens with zero attached hydrogens (tertiary/aromatic N) is 2. The number of amides is 3. The molecule has 0 aromatic heterocycles. The lowest BCUT2D eigenvalue weighted by Crippen LogP contribution is -2.42. The van der Waals surface area contributed by atoms with E-state index < -0.39 is 23.8 Å². The van der Waals surface area contributed by atoms with Crippen LogP contribution in [-0.4, -0.2) is 66.6 Å². The number of hydrogen-bond acceptors (Lipinski definition) is 7. The van der Waals surface area contributed by atoms with Crippen LogP contribution in [0.3, 0.4) is 0 Å². The number of carbonyl (C=O) groups is 4. The zero-order valence-electron chi connectivity index (χ0n) is 20.6. The Kier molecular flexibility index (Phi) is 9.42. The Balaban J connectivity index is 1.78. The number of benzene rings is 2. The molecule has 3 amide bonds. The van der Waals surface area contributed by atoms with Crippen molar-refractivity contribution in [2.75, 3.05) is 37.0 Å². The number of carbonyl (C=O) groups excluding carboxylic acids is 4. The molecule has 10 nitrogen and oxygen atoms in total. The maximum atomic E-state index is 13.5. The van der Waals surface area contributed by atoms with Crippen LogP contribution >= 0.6 is 23.8 Å². The second-order valence-electron chi connectivity index (χ2n) is 8.02. The number of thiocarbonyl (C=S) groups is 1. The molecule has 2 aromatic carbocycles. The van der Waals surface area contributed by atoms with E-state index in [9.17, 15) is 19.2 Å². The van der Waals surface area contributed by atoms with E-state index in [1.807, 2.05) is 0 Å². The molecule has 2 aromatic rings. The average molecular weight is 547 g/mol. The maximum Gasteiger partial charge on any atom is 0.338 e. The van der Waals surface area contributed by atoms with Gasteiger partial charge in [0.05, 0.1) is 36.4 Å². The van der Waals surface area contributed by atoms with Crippen LogP contribution in [-0.2, 0) is 19.1 Å². The van der Waals surface area contributed by atoms with Crippen molar-refractivity contribution in [3.05, 3.63) is 53.1 Å². The third-order valence-corrected chi connectivity index (χ3v) is 6.21. The van der Waals surface area contributed by atoms with Crippen LogP contribution < -0.4 is 20.3 Å². The van der Waals surface area contributed by atoms with Crippen LogP contribution in [0.25, 0.3) is 0 Å². The van der Waals surface area contributed by atoms with Gasteiger partial charge in [-0.3, -0.25) is 19.3 Å². The first-order valence-electron chi connectivity index (χ1n) is 11.5. The molecule has 1 aliphatic heterocycles. The minimum atomic E-state index is -0.902. The number of hydrogen-bond donors (Lipinski definition) is 2. The Morgan fingerprint density at radius 1 is 1.14 bits per heavy atom. The first-order chi connectivity index (χ1) is 17.7. The molecule has 196 valence electrons. The van der Waals surface area contributed by atoms with Crippen LogP contribution in [0.15, 0.2) is 42.5 Å². The molecule has 0 bridgehead atoms. The number of rotatable bonds is 10. The monoisotopic (exact) mass is 546 g/mol. The topological polar surface area (TPSA) is 117 Å². The molecule has 3 rings (SSSR count). The fraction of sp³-hybridized carbons (Fsp3) is 0.320. The van der Waals surface area contributed by atoms with Gasteiger partial charge in [-0.15, -0.1) is 0 Å². The van der Waals surface area contributed by atoms with Crippen molar-refractivity contribution >= 4 is 64.0 Å². The van der Waals surface area contributed by atoms with Gasteiger partial charge in [0.25, 0.3) is 5.91 Å². The molecule has 0 unspecified atom stereocenters. The number of halogens is 1. The molecule has 2 N–H and O–H groups in total. The molecule has 1 heterocycles. The number of esters is 1. The van der Waals surface area contributed by atoms with Gasteiger partial charge in [-0.1, -0.05) is 11.6 Å². The van der Waals surface area contributed by atoms with Crippen molar-refractivity contribution in [1.29, 1.82) is 0 Å². The van der Waals surface area contributed by atoms with Crippen LogP contribution in [0.4, 0.5) is 11.4 Å². The van der Waals surface area contributed by atoms with Gasteiger partial charge in [0.1, 0.15) is 11.8 Å². The summed E-state index contributed by atoms with van der Waals surface area (Å²) in [6, 6.07) is 10.2. The molecular weight excluding hydrogens is 520 g/mol. The van der Waals surface area contributed by atoms with Crippen LogP contribution in [0.5, 0.6) is 5.75 Å². The van der Waals surface area contributed by atoms with E-state index in [-0.39, 0.29) is 37.1 Å². The molecule has 12 heteroatoms. The smallest absolute Gasteiger partial charge is 0.338 e. The van der Waals surface area contributed by atoms with E-state index in [4.69, 9.17) is 33.3 Å². The maximum absolute atomic E-state index is 13.5. The van der Waals surface area contributed by atoms with Crippen LogP contribution in [0, 0.1) is 0 Å². The normalized spacial score (nSPS) is 15.0. The van der Waals surface area contributed by atoms with Gasteiger partial charge >= 0.3 is 5.97 Å². The zero-order valence-corrected chi connectivity index (χ0v) is 22.1. The highest BCUT2D eigenvalue weighted by Gasteiger charge is 2.44. The summed E-state index contributed by atoms with van der Waals surface area (Å²) in [6.45, 7) is 3.81. The van der Waals surface area contributed by atoms with E-state index in [1.54, 1.807) is 54.3 Å². The molecule has 1 atom stereocenters. The van der Waals surface area contributed by atoms with Crippen molar-refractivity contribution in [3.8, 4) is 5.75 Å². The lowest BCUT2D eigenvalue weighted by atomic mass is 10.1. The first kappa shape index (κ1) is 27.9. The molecule has 0 aliphatic carbocycles. The lowest BCUT2D eigenvalue weighted by Gasteiger charge is -2.24. The number of ether oxygens (including phenoxy) is 2. The largest absolute Gasteiger partial charge is 0.495 e. The molecule has 0 saturated carbocycles. The van der Waals surface area contributed by atoms with Gasteiger partial charge < -0.3 is 25.0 Å². The minimum Gasteiger partial charge on any atom is -0.495 e.